The molecule has 0 saturated carbocycles. The summed E-state index contributed by atoms with van der Waals surface area (Å²) in [6.45, 7) is 0. The first-order valence-corrected chi connectivity index (χ1v) is 4.23. The van der Waals surface area contributed by atoms with Crippen LogP contribution in [0.3, 0.4) is 0 Å². The number of hydrogen-bond donors (Lipinski definition) is 2. The molecule has 0 aliphatic carbocycles. The van der Waals surface area contributed by atoms with Gasteiger partial charge in [0.15, 0.2) is 0 Å². The molecule has 62 valence electrons. The van der Waals surface area contributed by atoms with Crippen molar-refractivity contribution in [3.8, 4) is 0 Å². The molecule has 11 heavy (non-hydrogen) atoms. The van der Waals surface area contributed by atoms with Crippen molar-refractivity contribution in [3.05, 3.63) is 0 Å². The molecule has 0 aromatic rings. The van der Waals surface area contributed by atoms with Crippen LogP contribution in [-0.4, -0.2) is 34.2 Å². The van der Waals surface area contributed by atoms with Crippen LogP contribution in [0.1, 0.15) is 6.42 Å². The minimum absolute atomic E-state index is 0. The van der Waals surface area contributed by atoms with Gasteiger partial charge in [0.2, 0.25) is 5.25 Å². The van der Waals surface area contributed by atoms with Crippen molar-refractivity contribution in [2.24, 2.45) is 0 Å². The molecule has 0 fully saturated rings. The van der Waals surface area contributed by atoms with Crippen molar-refractivity contribution >= 4 is 21.7 Å². The number of rotatable bonds is 3. The third-order valence-corrected chi connectivity index (χ3v) is 1.56. The van der Waals surface area contributed by atoms with Gasteiger partial charge < -0.3 is 14.8 Å². The molecule has 0 amide bonds. The standard InChI is InChI=1S/C3H7ClO5S.Na/c4-3(5,6)1-2-10(7,8)9;/h5-6H,1-2H2,(H,7,8,9);/q;+1/p-1. The van der Waals surface area contributed by atoms with Gasteiger partial charge in [-0.3, -0.25) is 0 Å². The van der Waals surface area contributed by atoms with E-state index in [2.05, 4.69) is 0 Å². The molecule has 0 saturated heterocycles. The first-order chi connectivity index (χ1) is 4.21. The normalized spacial score (nSPS) is 12.4. The predicted molar refractivity (Wildman–Crippen MR) is 32.2 cm³/mol. The Morgan fingerprint density at radius 1 is 1.45 bits per heavy atom. The number of alkyl halides is 1. The number of hydrogen-bond acceptors (Lipinski definition) is 5. The second-order valence-corrected chi connectivity index (χ2v) is 3.86. The molecule has 0 aromatic carbocycles. The van der Waals surface area contributed by atoms with E-state index >= 15 is 0 Å². The van der Waals surface area contributed by atoms with Crippen LogP contribution in [0.15, 0.2) is 0 Å². The van der Waals surface area contributed by atoms with E-state index in [9.17, 15) is 13.0 Å². The molecule has 0 heterocycles. The molecule has 0 aliphatic rings. The van der Waals surface area contributed by atoms with Crippen molar-refractivity contribution in [1.29, 1.82) is 0 Å². The van der Waals surface area contributed by atoms with Crippen molar-refractivity contribution in [3.63, 3.8) is 0 Å². The second kappa shape index (κ2) is 4.98. The average molecular weight is 213 g/mol. The molecule has 0 spiro atoms. The third-order valence-electron chi connectivity index (χ3n) is 0.670. The molecule has 0 aromatic heterocycles. The summed E-state index contributed by atoms with van der Waals surface area (Å²) in [5.74, 6) is -0.885. The van der Waals surface area contributed by atoms with Gasteiger partial charge in [-0.05, 0) is 0 Å². The van der Waals surface area contributed by atoms with E-state index in [4.69, 9.17) is 21.8 Å². The molecule has 0 bridgehead atoms. The van der Waals surface area contributed by atoms with Crippen molar-refractivity contribution in [1.82, 2.24) is 0 Å². The van der Waals surface area contributed by atoms with Crippen LogP contribution < -0.4 is 29.6 Å². The van der Waals surface area contributed by atoms with Crippen LogP contribution in [0.25, 0.3) is 0 Å². The monoisotopic (exact) mass is 212 g/mol. The molecule has 0 radical (unpaired) electrons. The van der Waals surface area contributed by atoms with Gasteiger partial charge >= 0.3 is 29.6 Å². The zero-order chi connectivity index (χ0) is 8.41. The fourth-order valence-corrected chi connectivity index (χ4v) is 0.996. The van der Waals surface area contributed by atoms with E-state index < -0.39 is 27.5 Å². The van der Waals surface area contributed by atoms with Crippen LogP contribution >= 0.6 is 11.6 Å². The minimum atomic E-state index is -4.41. The summed E-state index contributed by atoms with van der Waals surface area (Å²) in [4.78, 5) is 0. The summed E-state index contributed by atoms with van der Waals surface area (Å²) in [5, 5.41) is 14.0. The molecular weight excluding hydrogens is 207 g/mol. The van der Waals surface area contributed by atoms with E-state index in [1.54, 1.807) is 0 Å². The quantitative estimate of drug-likeness (QED) is 0.214. The predicted octanol–water partition coefficient (Wildman–Crippen LogP) is -4.20. The smallest absolute Gasteiger partial charge is 0.748 e. The Morgan fingerprint density at radius 2 is 1.82 bits per heavy atom. The minimum Gasteiger partial charge on any atom is -0.748 e. The van der Waals surface area contributed by atoms with Crippen molar-refractivity contribution in [2.45, 2.75) is 11.7 Å². The fourth-order valence-electron chi connectivity index (χ4n) is 0.255. The van der Waals surface area contributed by atoms with Crippen LogP contribution in [-0.2, 0) is 10.1 Å². The molecule has 0 aliphatic heterocycles. The molecule has 2 N–H and O–H groups in total. The van der Waals surface area contributed by atoms with Crippen LogP contribution in [0.2, 0.25) is 0 Å². The maximum Gasteiger partial charge on any atom is 1.00 e. The third kappa shape index (κ3) is 14.0. The Balaban J connectivity index is 0. The Kier molecular flexibility index (Phi) is 6.63. The van der Waals surface area contributed by atoms with E-state index in [0.29, 0.717) is 0 Å². The molecule has 0 atom stereocenters. The Morgan fingerprint density at radius 3 is 1.91 bits per heavy atom. The van der Waals surface area contributed by atoms with Gasteiger partial charge in [-0.2, -0.15) is 0 Å². The van der Waals surface area contributed by atoms with Gasteiger partial charge in [-0.15, -0.1) is 0 Å². The first-order valence-electron chi connectivity index (χ1n) is 2.28. The van der Waals surface area contributed by atoms with Crippen LogP contribution in [0.5, 0.6) is 0 Å². The van der Waals surface area contributed by atoms with Gasteiger partial charge in [-0.1, -0.05) is 11.6 Å². The summed E-state index contributed by atoms with van der Waals surface area (Å²) in [7, 11) is -4.41. The topological polar surface area (TPSA) is 97.7 Å². The summed E-state index contributed by atoms with van der Waals surface area (Å²) in [6.07, 6.45) is -0.694. The fraction of sp³-hybridized carbons (Fsp3) is 1.00. The average Bonchev–Trinajstić information content (AvgIpc) is 1.57. The summed E-state index contributed by atoms with van der Waals surface area (Å²) < 4.78 is 29.5. The van der Waals surface area contributed by atoms with Gasteiger partial charge in [0, 0.05) is 12.2 Å². The maximum atomic E-state index is 9.84. The molecule has 0 unspecified atom stereocenters. The molecule has 0 rings (SSSR count). The van der Waals surface area contributed by atoms with Gasteiger partial charge in [0.1, 0.15) is 0 Å². The van der Waals surface area contributed by atoms with E-state index in [-0.39, 0.29) is 29.6 Å². The summed E-state index contributed by atoms with van der Waals surface area (Å²) in [6, 6.07) is 0. The Labute approximate surface area is 91.4 Å². The zero-order valence-corrected chi connectivity index (χ0v) is 9.39. The number of aliphatic hydroxyl groups is 2. The van der Waals surface area contributed by atoms with Gasteiger partial charge in [-0.25, -0.2) is 8.42 Å². The van der Waals surface area contributed by atoms with Crippen LogP contribution in [0, 0.1) is 0 Å². The second-order valence-electron chi connectivity index (χ2n) is 1.73. The summed E-state index contributed by atoms with van der Waals surface area (Å²) in [5.41, 5.74) is 0. The van der Waals surface area contributed by atoms with Crippen molar-refractivity contribution < 1.29 is 52.7 Å². The maximum absolute atomic E-state index is 9.84. The zero-order valence-electron chi connectivity index (χ0n) is 5.82. The van der Waals surface area contributed by atoms with E-state index in [1.807, 2.05) is 0 Å². The molecule has 8 heteroatoms. The largest absolute Gasteiger partial charge is 1.00 e. The van der Waals surface area contributed by atoms with Gasteiger partial charge in [0.25, 0.3) is 0 Å². The SMILES string of the molecule is O=S(=O)([O-])CCC(O)(O)Cl.[Na+]. The molecular formula is C3H6ClNaO5S. The Hall–Kier alpha value is 1.12. The van der Waals surface area contributed by atoms with Gasteiger partial charge in [0.05, 0.1) is 10.1 Å². The van der Waals surface area contributed by atoms with Crippen LogP contribution in [0.4, 0.5) is 0 Å². The Bertz CT molecular complexity index is 194. The van der Waals surface area contributed by atoms with E-state index in [1.165, 1.54) is 0 Å². The van der Waals surface area contributed by atoms with E-state index in [0.717, 1.165) is 0 Å². The summed E-state index contributed by atoms with van der Waals surface area (Å²) >= 11 is 4.75. The van der Waals surface area contributed by atoms with Crippen molar-refractivity contribution in [2.75, 3.05) is 5.75 Å². The molecule has 5 nitrogen and oxygen atoms in total. The first kappa shape index (κ1) is 14.6. The number of halogens is 1.